The van der Waals surface area contributed by atoms with Gasteiger partial charge in [0.1, 0.15) is 0 Å². The second-order valence-corrected chi connectivity index (χ2v) is 4.88. The molecule has 0 saturated heterocycles. The maximum atomic E-state index is 11.3. The van der Waals surface area contributed by atoms with Gasteiger partial charge in [-0.25, -0.2) is 4.79 Å². The molecule has 92 valence electrons. The highest BCUT2D eigenvalue weighted by atomic mass is 32.2. The normalized spacial score (nSPS) is 10.0. The largest absolute Gasteiger partial charge is 0.478 e. The van der Waals surface area contributed by atoms with Crippen molar-refractivity contribution in [3.8, 4) is 0 Å². The van der Waals surface area contributed by atoms with Crippen molar-refractivity contribution in [1.82, 2.24) is 4.90 Å². The highest BCUT2D eigenvalue weighted by Gasteiger charge is 2.05. The van der Waals surface area contributed by atoms with Crippen molar-refractivity contribution < 1.29 is 14.7 Å². The highest BCUT2D eigenvalue weighted by Crippen LogP contribution is 2.19. The van der Waals surface area contributed by atoms with Crippen LogP contribution in [0.5, 0.6) is 0 Å². The molecule has 0 radical (unpaired) electrons. The zero-order valence-corrected chi connectivity index (χ0v) is 10.7. The molecular weight excluding hydrogens is 238 g/mol. The van der Waals surface area contributed by atoms with Gasteiger partial charge in [-0.3, -0.25) is 4.79 Å². The van der Waals surface area contributed by atoms with Gasteiger partial charge in [0.15, 0.2) is 0 Å². The van der Waals surface area contributed by atoms with E-state index in [2.05, 4.69) is 0 Å². The predicted octanol–water partition coefficient (Wildman–Crippen LogP) is 1.96. The number of carboxylic acid groups (broad SMARTS) is 1. The van der Waals surface area contributed by atoms with Crippen LogP contribution in [-0.2, 0) is 4.79 Å². The summed E-state index contributed by atoms with van der Waals surface area (Å²) in [7, 11) is 3.46. The number of carbonyl (C=O) groups excluding carboxylic acids is 1. The van der Waals surface area contributed by atoms with Gasteiger partial charge in [0.25, 0.3) is 0 Å². The number of aromatic carboxylic acids is 1. The van der Waals surface area contributed by atoms with Crippen molar-refractivity contribution in [3.63, 3.8) is 0 Å². The second-order valence-electron chi connectivity index (χ2n) is 3.72. The van der Waals surface area contributed by atoms with E-state index in [1.165, 1.54) is 0 Å². The molecular formula is C12H15NO3S. The topological polar surface area (TPSA) is 57.6 Å². The van der Waals surface area contributed by atoms with Crippen LogP contribution in [0.25, 0.3) is 0 Å². The van der Waals surface area contributed by atoms with Gasteiger partial charge in [0.2, 0.25) is 5.91 Å². The average molecular weight is 253 g/mol. The first-order chi connectivity index (χ1) is 8.00. The van der Waals surface area contributed by atoms with E-state index >= 15 is 0 Å². The maximum Gasteiger partial charge on any atom is 0.335 e. The van der Waals surface area contributed by atoms with Crippen molar-refractivity contribution in [3.05, 3.63) is 29.8 Å². The number of benzene rings is 1. The van der Waals surface area contributed by atoms with Gasteiger partial charge in [0, 0.05) is 31.2 Å². The Morgan fingerprint density at radius 1 is 1.24 bits per heavy atom. The summed E-state index contributed by atoms with van der Waals surface area (Å²) >= 11 is 1.55. The van der Waals surface area contributed by atoms with Crippen LogP contribution in [0.4, 0.5) is 0 Å². The maximum absolute atomic E-state index is 11.3. The van der Waals surface area contributed by atoms with Crippen molar-refractivity contribution >= 4 is 23.6 Å². The molecule has 4 nitrogen and oxygen atoms in total. The molecule has 1 N–H and O–H groups in total. The number of carbonyl (C=O) groups is 2. The van der Waals surface area contributed by atoms with Gasteiger partial charge in [-0.1, -0.05) is 0 Å². The molecule has 17 heavy (non-hydrogen) atoms. The average Bonchev–Trinajstić information content (AvgIpc) is 2.29. The molecule has 1 aromatic carbocycles. The number of nitrogens with zero attached hydrogens (tertiary/aromatic N) is 1. The molecule has 0 aliphatic heterocycles. The Balaban J connectivity index is 2.42. The lowest BCUT2D eigenvalue weighted by Gasteiger charge is -2.09. The predicted molar refractivity (Wildman–Crippen MR) is 67.4 cm³/mol. The molecule has 0 bridgehead atoms. The van der Waals surface area contributed by atoms with E-state index in [0.29, 0.717) is 12.2 Å². The third kappa shape index (κ3) is 4.48. The standard InChI is InChI=1S/C12H15NO3S/c1-13(2)11(14)7-8-17-10-5-3-9(4-6-10)12(15)16/h3-6H,7-8H2,1-2H3,(H,15,16). The molecule has 1 amide bonds. The molecule has 0 aliphatic rings. The van der Waals surface area contributed by atoms with Gasteiger partial charge in [0.05, 0.1) is 5.56 Å². The Morgan fingerprint density at radius 3 is 2.29 bits per heavy atom. The Bertz CT molecular complexity index is 401. The minimum Gasteiger partial charge on any atom is -0.478 e. The van der Waals surface area contributed by atoms with Crippen LogP contribution in [0.3, 0.4) is 0 Å². The Hall–Kier alpha value is -1.49. The van der Waals surface area contributed by atoms with E-state index in [9.17, 15) is 9.59 Å². The van der Waals surface area contributed by atoms with Gasteiger partial charge in [-0.2, -0.15) is 0 Å². The number of amides is 1. The fraction of sp³-hybridized carbons (Fsp3) is 0.333. The zero-order chi connectivity index (χ0) is 12.8. The van der Waals surface area contributed by atoms with E-state index < -0.39 is 5.97 Å². The fourth-order valence-corrected chi connectivity index (χ4v) is 2.01. The minimum atomic E-state index is -0.927. The summed E-state index contributed by atoms with van der Waals surface area (Å²) in [6.07, 6.45) is 0.484. The van der Waals surface area contributed by atoms with Gasteiger partial charge in [-0.05, 0) is 24.3 Å². The number of hydrogen-bond donors (Lipinski definition) is 1. The van der Waals surface area contributed by atoms with Crippen molar-refractivity contribution in [2.75, 3.05) is 19.8 Å². The summed E-state index contributed by atoms with van der Waals surface area (Å²) in [5.41, 5.74) is 0.277. The van der Waals surface area contributed by atoms with Crippen LogP contribution in [-0.4, -0.2) is 41.7 Å². The summed E-state index contributed by atoms with van der Waals surface area (Å²) in [5.74, 6) is -0.132. The lowest BCUT2D eigenvalue weighted by Crippen LogP contribution is -2.21. The molecule has 5 heteroatoms. The van der Waals surface area contributed by atoms with Crippen LogP contribution >= 0.6 is 11.8 Å². The van der Waals surface area contributed by atoms with Crippen LogP contribution < -0.4 is 0 Å². The molecule has 0 spiro atoms. The van der Waals surface area contributed by atoms with Crippen LogP contribution in [0.2, 0.25) is 0 Å². The summed E-state index contributed by atoms with van der Waals surface area (Å²) in [6, 6.07) is 6.65. The zero-order valence-electron chi connectivity index (χ0n) is 9.84. The molecule has 1 aromatic rings. The summed E-state index contributed by atoms with van der Waals surface area (Å²) in [5, 5.41) is 8.73. The fourth-order valence-electron chi connectivity index (χ4n) is 1.17. The lowest BCUT2D eigenvalue weighted by molar-refractivity contribution is -0.128. The third-order valence-corrected chi connectivity index (χ3v) is 3.20. The second kappa shape index (κ2) is 6.30. The molecule has 0 aromatic heterocycles. The first-order valence-electron chi connectivity index (χ1n) is 5.17. The first kappa shape index (κ1) is 13.6. The van der Waals surface area contributed by atoms with Crippen molar-refractivity contribution in [2.24, 2.45) is 0 Å². The lowest BCUT2D eigenvalue weighted by atomic mass is 10.2. The van der Waals surface area contributed by atoms with Gasteiger partial charge >= 0.3 is 5.97 Å². The van der Waals surface area contributed by atoms with E-state index in [-0.39, 0.29) is 11.5 Å². The van der Waals surface area contributed by atoms with Crippen LogP contribution in [0.1, 0.15) is 16.8 Å². The SMILES string of the molecule is CN(C)C(=O)CCSc1ccc(C(=O)O)cc1. The molecule has 0 unspecified atom stereocenters. The summed E-state index contributed by atoms with van der Waals surface area (Å²) < 4.78 is 0. The minimum absolute atomic E-state index is 0.0969. The number of rotatable bonds is 5. The number of thioether (sulfide) groups is 1. The number of hydrogen-bond acceptors (Lipinski definition) is 3. The van der Waals surface area contributed by atoms with Crippen molar-refractivity contribution in [1.29, 1.82) is 0 Å². The van der Waals surface area contributed by atoms with Crippen LogP contribution in [0.15, 0.2) is 29.2 Å². The van der Waals surface area contributed by atoms with Gasteiger partial charge in [-0.15, -0.1) is 11.8 Å². The summed E-state index contributed by atoms with van der Waals surface area (Å²) in [4.78, 5) is 24.5. The summed E-state index contributed by atoms with van der Waals surface area (Å²) in [6.45, 7) is 0. The number of carboxylic acids is 1. The van der Waals surface area contributed by atoms with E-state index in [0.717, 1.165) is 4.90 Å². The van der Waals surface area contributed by atoms with Gasteiger partial charge < -0.3 is 10.0 Å². The molecule has 0 fully saturated rings. The smallest absolute Gasteiger partial charge is 0.335 e. The monoisotopic (exact) mass is 253 g/mol. The molecule has 0 aliphatic carbocycles. The Kier molecular flexibility index (Phi) is 5.03. The van der Waals surface area contributed by atoms with E-state index in [4.69, 9.17) is 5.11 Å². The molecule has 0 atom stereocenters. The first-order valence-corrected chi connectivity index (χ1v) is 6.15. The Labute approximate surface area is 105 Å². The van der Waals surface area contributed by atoms with E-state index in [1.807, 2.05) is 0 Å². The Morgan fingerprint density at radius 2 is 1.82 bits per heavy atom. The highest BCUT2D eigenvalue weighted by molar-refractivity contribution is 7.99. The van der Waals surface area contributed by atoms with Crippen LogP contribution in [0, 0.1) is 0 Å². The molecule has 0 saturated carbocycles. The molecule has 1 rings (SSSR count). The quantitative estimate of drug-likeness (QED) is 0.815. The van der Waals surface area contributed by atoms with Crippen molar-refractivity contribution in [2.45, 2.75) is 11.3 Å². The van der Waals surface area contributed by atoms with E-state index in [1.54, 1.807) is 55.0 Å². The third-order valence-electron chi connectivity index (χ3n) is 2.18. The molecule has 0 heterocycles.